The van der Waals surface area contributed by atoms with E-state index in [1.165, 1.54) is 6.08 Å². The summed E-state index contributed by atoms with van der Waals surface area (Å²) in [5.41, 5.74) is 3.01. The smallest absolute Gasteiger partial charge is 0.233 e. The first-order chi connectivity index (χ1) is 15.4. The van der Waals surface area contributed by atoms with Gasteiger partial charge in [0.2, 0.25) is 15.9 Å². The maximum absolute atomic E-state index is 12.5. The molecule has 2 N–H and O–H groups in total. The molecule has 0 aliphatic rings. The maximum atomic E-state index is 12.5. The molecule has 3 rings (SSSR count). The maximum Gasteiger partial charge on any atom is 0.233 e. The van der Waals surface area contributed by atoms with Gasteiger partial charge in [0.1, 0.15) is 0 Å². The fourth-order valence-electron chi connectivity index (χ4n) is 3.59. The minimum absolute atomic E-state index is 0.00755. The highest BCUT2D eigenvalue weighted by atomic mass is 32.2. The second kappa shape index (κ2) is 11.4. The number of amides is 1. The minimum atomic E-state index is -3.62. The summed E-state index contributed by atoms with van der Waals surface area (Å²) in [5.74, 6) is -0.212. The summed E-state index contributed by atoms with van der Waals surface area (Å²) in [6, 6.07) is 29.1. The first kappa shape index (κ1) is 23.4. The van der Waals surface area contributed by atoms with Crippen molar-refractivity contribution in [3.8, 4) is 0 Å². The Bertz CT molecular complexity index is 1080. The van der Waals surface area contributed by atoms with Gasteiger partial charge in [-0.15, -0.1) is 0 Å². The van der Waals surface area contributed by atoms with E-state index in [0.717, 1.165) is 22.1 Å². The van der Waals surface area contributed by atoms with Gasteiger partial charge in [-0.3, -0.25) is 4.79 Å². The number of benzene rings is 3. The van der Waals surface area contributed by atoms with Crippen molar-refractivity contribution in [1.29, 1.82) is 0 Å². The van der Waals surface area contributed by atoms with Crippen LogP contribution in [0.25, 0.3) is 6.08 Å². The molecule has 0 heterocycles. The van der Waals surface area contributed by atoms with E-state index in [4.69, 9.17) is 0 Å². The van der Waals surface area contributed by atoms with Gasteiger partial charge in [0.25, 0.3) is 0 Å². The van der Waals surface area contributed by atoms with E-state index in [9.17, 15) is 13.2 Å². The van der Waals surface area contributed by atoms with Crippen molar-refractivity contribution < 1.29 is 13.2 Å². The molecule has 1 unspecified atom stereocenters. The lowest BCUT2D eigenvalue weighted by molar-refractivity contribution is -0.121. The molecule has 3 aromatic rings. The third-order valence-corrected chi connectivity index (χ3v) is 6.20. The molecule has 0 radical (unpaired) electrons. The lowest BCUT2D eigenvalue weighted by Gasteiger charge is -2.26. The van der Waals surface area contributed by atoms with Crippen LogP contribution in [0, 0.1) is 0 Å². The zero-order valence-electron chi connectivity index (χ0n) is 18.0. The summed E-state index contributed by atoms with van der Waals surface area (Å²) in [5, 5.41) is 4.14. The van der Waals surface area contributed by atoms with Crippen molar-refractivity contribution in [2.24, 2.45) is 0 Å². The van der Waals surface area contributed by atoms with E-state index < -0.39 is 10.0 Å². The van der Waals surface area contributed by atoms with Crippen LogP contribution < -0.4 is 10.0 Å². The fraction of sp³-hybridized carbons (Fsp3) is 0.192. The molecule has 6 heteroatoms. The third-order valence-electron chi connectivity index (χ3n) is 5.10. The Morgan fingerprint density at radius 1 is 0.844 bits per heavy atom. The van der Waals surface area contributed by atoms with Crippen molar-refractivity contribution in [1.82, 2.24) is 10.0 Å². The molecule has 0 spiro atoms. The molecule has 0 bridgehead atoms. The standard InChI is InChI=1S/C26H28N2O3S/c1-21(26(23-13-7-3-8-14-23)24-15-9-4-10-16-24)28-25(29)17-19-27-32(30,31)20-18-22-11-5-2-6-12-22/h2-16,18,20-21,26-27H,17,19H2,1H3,(H,28,29)/b20-18+. The topological polar surface area (TPSA) is 75.3 Å². The van der Waals surface area contributed by atoms with E-state index >= 15 is 0 Å². The van der Waals surface area contributed by atoms with Crippen LogP contribution in [0.4, 0.5) is 0 Å². The highest BCUT2D eigenvalue weighted by Crippen LogP contribution is 2.27. The SMILES string of the molecule is CC(NC(=O)CCNS(=O)(=O)/C=C/c1ccccc1)C(c1ccccc1)c1ccccc1. The molecular weight excluding hydrogens is 420 g/mol. The largest absolute Gasteiger partial charge is 0.353 e. The Morgan fingerprint density at radius 2 is 1.34 bits per heavy atom. The monoisotopic (exact) mass is 448 g/mol. The highest BCUT2D eigenvalue weighted by Gasteiger charge is 2.22. The molecule has 1 atom stereocenters. The lowest BCUT2D eigenvalue weighted by atomic mass is 9.86. The van der Waals surface area contributed by atoms with Crippen LogP contribution in [0.1, 0.15) is 36.0 Å². The average molecular weight is 449 g/mol. The van der Waals surface area contributed by atoms with Crippen molar-refractivity contribution >= 4 is 22.0 Å². The zero-order chi connectivity index (χ0) is 22.8. The summed E-state index contributed by atoms with van der Waals surface area (Å²) in [6.07, 6.45) is 1.58. The zero-order valence-corrected chi connectivity index (χ0v) is 18.8. The normalized spacial score (nSPS) is 12.7. The summed E-state index contributed by atoms with van der Waals surface area (Å²) >= 11 is 0. The minimum Gasteiger partial charge on any atom is -0.353 e. The Labute approximate surface area is 190 Å². The van der Waals surface area contributed by atoms with Crippen molar-refractivity contribution in [2.75, 3.05) is 6.54 Å². The van der Waals surface area contributed by atoms with Crippen molar-refractivity contribution in [3.63, 3.8) is 0 Å². The number of rotatable bonds is 10. The molecule has 0 aliphatic carbocycles. The number of nitrogens with one attached hydrogen (secondary N) is 2. The molecule has 1 amide bonds. The first-order valence-electron chi connectivity index (χ1n) is 10.6. The molecule has 0 aliphatic heterocycles. The van der Waals surface area contributed by atoms with Crippen LogP contribution in [-0.2, 0) is 14.8 Å². The fourth-order valence-corrected chi connectivity index (χ4v) is 4.41. The van der Waals surface area contributed by atoms with Gasteiger partial charge >= 0.3 is 0 Å². The van der Waals surface area contributed by atoms with Crippen LogP contribution >= 0.6 is 0 Å². The van der Waals surface area contributed by atoms with Crippen LogP contribution in [0.5, 0.6) is 0 Å². The summed E-state index contributed by atoms with van der Waals surface area (Å²) in [7, 11) is -3.62. The summed E-state index contributed by atoms with van der Waals surface area (Å²) in [6.45, 7) is 2.00. The summed E-state index contributed by atoms with van der Waals surface area (Å²) < 4.78 is 26.8. The quantitative estimate of drug-likeness (QED) is 0.485. The molecule has 0 saturated heterocycles. The van der Waals surface area contributed by atoms with E-state index in [2.05, 4.69) is 10.0 Å². The van der Waals surface area contributed by atoms with E-state index in [1.54, 1.807) is 0 Å². The highest BCUT2D eigenvalue weighted by molar-refractivity contribution is 7.92. The number of hydrogen-bond donors (Lipinski definition) is 2. The van der Waals surface area contributed by atoms with Crippen LogP contribution in [0.15, 0.2) is 96.4 Å². The van der Waals surface area contributed by atoms with Gasteiger partial charge in [-0.25, -0.2) is 13.1 Å². The lowest BCUT2D eigenvalue weighted by Crippen LogP contribution is -2.39. The van der Waals surface area contributed by atoms with Gasteiger partial charge in [-0.05, 0) is 29.7 Å². The first-order valence-corrected chi connectivity index (χ1v) is 12.1. The molecule has 0 saturated carbocycles. The van der Waals surface area contributed by atoms with Gasteiger partial charge < -0.3 is 5.32 Å². The Kier molecular flexibility index (Phi) is 8.36. The molecule has 0 aromatic heterocycles. The van der Waals surface area contributed by atoms with Gasteiger partial charge in [0, 0.05) is 30.3 Å². The van der Waals surface area contributed by atoms with Crippen molar-refractivity contribution in [2.45, 2.75) is 25.3 Å². The predicted octanol–water partition coefficient (Wildman–Crippen LogP) is 4.30. The van der Waals surface area contributed by atoms with Crippen LogP contribution in [0.2, 0.25) is 0 Å². The second-order valence-corrected chi connectivity index (χ2v) is 9.21. The van der Waals surface area contributed by atoms with Crippen molar-refractivity contribution in [3.05, 3.63) is 113 Å². The van der Waals surface area contributed by atoms with Gasteiger partial charge in [-0.1, -0.05) is 91.0 Å². The van der Waals surface area contributed by atoms with Gasteiger partial charge in [0.15, 0.2) is 0 Å². The molecule has 166 valence electrons. The molecular formula is C26H28N2O3S. The average Bonchev–Trinajstić information content (AvgIpc) is 2.80. The number of hydrogen-bond acceptors (Lipinski definition) is 3. The van der Waals surface area contributed by atoms with Gasteiger partial charge in [0.05, 0.1) is 0 Å². The number of carbonyl (C=O) groups excluding carboxylic acids is 1. The molecule has 3 aromatic carbocycles. The predicted molar refractivity (Wildman–Crippen MR) is 129 cm³/mol. The number of carbonyl (C=O) groups is 1. The molecule has 32 heavy (non-hydrogen) atoms. The second-order valence-electron chi connectivity index (χ2n) is 7.56. The third kappa shape index (κ3) is 7.18. The Balaban J connectivity index is 1.56. The molecule has 0 fully saturated rings. The van der Waals surface area contributed by atoms with Crippen LogP contribution in [0.3, 0.4) is 0 Å². The van der Waals surface area contributed by atoms with Gasteiger partial charge in [-0.2, -0.15) is 0 Å². The Hall–Kier alpha value is -3.22. The van der Waals surface area contributed by atoms with E-state index in [-0.39, 0.29) is 30.8 Å². The molecule has 5 nitrogen and oxygen atoms in total. The summed E-state index contributed by atoms with van der Waals surface area (Å²) in [4.78, 5) is 12.5. The van der Waals surface area contributed by atoms with E-state index in [0.29, 0.717) is 0 Å². The number of sulfonamides is 1. The van der Waals surface area contributed by atoms with Crippen LogP contribution in [-0.4, -0.2) is 26.9 Å². The van der Waals surface area contributed by atoms with E-state index in [1.807, 2.05) is 97.9 Å². The Morgan fingerprint density at radius 3 is 1.88 bits per heavy atom.